The third-order valence-electron chi connectivity index (χ3n) is 3.84. The van der Waals surface area contributed by atoms with Crippen LogP contribution in [0.15, 0.2) is 54.6 Å². The highest BCUT2D eigenvalue weighted by Gasteiger charge is 2.23. The fourth-order valence-electron chi connectivity index (χ4n) is 2.61. The van der Waals surface area contributed by atoms with Crippen LogP contribution in [-0.2, 0) is 0 Å². The lowest BCUT2D eigenvalue weighted by atomic mass is 10.1. The molecule has 0 aliphatic heterocycles. The van der Waals surface area contributed by atoms with Crippen molar-refractivity contribution >= 4 is 28.4 Å². The molecule has 0 spiro atoms. The van der Waals surface area contributed by atoms with Crippen molar-refractivity contribution < 1.29 is 14.5 Å². The van der Waals surface area contributed by atoms with Gasteiger partial charge >= 0.3 is 6.03 Å². The van der Waals surface area contributed by atoms with E-state index in [4.69, 9.17) is 0 Å². The van der Waals surface area contributed by atoms with Gasteiger partial charge in [-0.1, -0.05) is 30.3 Å². The molecule has 0 radical (unpaired) electrons. The van der Waals surface area contributed by atoms with Crippen molar-refractivity contribution in [1.29, 1.82) is 0 Å². The fourth-order valence-corrected chi connectivity index (χ4v) is 2.61. The standard InChI is InChI=1S/C18H15N3O4/c1-19(2)18(23)20-15-11-14(21(24)25)9-8-13(15)10-16(20)17(22)12-6-4-3-5-7-12/h3-11H,1-2H3. The van der Waals surface area contributed by atoms with Gasteiger partial charge in [-0.05, 0) is 12.1 Å². The van der Waals surface area contributed by atoms with Crippen LogP contribution in [0, 0.1) is 10.1 Å². The Morgan fingerprint density at radius 2 is 1.72 bits per heavy atom. The lowest BCUT2D eigenvalue weighted by Crippen LogP contribution is -2.29. The van der Waals surface area contributed by atoms with E-state index in [1.807, 2.05) is 0 Å². The summed E-state index contributed by atoms with van der Waals surface area (Å²) in [6, 6.07) is 13.9. The number of amides is 1. The number of fused-ring (bicyclic) bond motifs is 1. The Morgan fingerprint density at radius 3 is 2.32 bits per heavy atom. The minimum atomic E-state index is -0.532. The minimum Gasteiger partial charge on any atom is -0.330 e. The molecular weight excluding hydrogens is 322 g/mol. The Kier molecular flexibility index (Phi) is 4.06. The summed E-state index contributed by atoms with van der Waals surface area (Å²) in [6.45, 7) is 0. The van der Waals surface area contributed by atoms with Crippen LogP contribution in [-0.4, -0.2) is 40.3 Å². The summed E-state index contributed by atoms with van der Waals surface area (Å²) in [7, 11) is 3.12. The number of aromatic nitrogens is 1. The molecule has 0 saturated heterocycles. The summed E-state index contributed by atoms with van der Waals surface area (Å²) >= 11 is 0. The van der Waals surface area contributed by atoms with E-state index in [1.54, 1.807) is 50.5 Å². The predicted molar refractivity (Wildman–Crippen MR) is 92.9 cm³/mol. The molecule has 0 fully saturated rings. The van der Waals surface area contributed by atoms with Crippen LogP contribution in [0.2, 0.25) is 0 Å². The number of carbonyl (C=O) groups is 2. The lowest BCUT2D eigenvalue weighted by Gasteiger charge is -2.14. The summed E-state index contributed by atoms with van der Waals surface area (Å²) in [6.07, 6.45) is 0. The van der Waals surface area contributed by atoms with E-state index in [1.165, 1.54) is 27.7 Å². The molecule has 1 aromatic heterocycles. The number of nitro groups is 1. The SMILES string of the molecule is CN(C)C(=O)n1c(C(=O)c2ccccc2)cc2ccc([N+](=O)[O-])cc21. The first kappa shape index (κ1) is 16.4. The van der Waals surface area contributed by atoms with E-state index in [0.717, 1.165) is 0 Å². The average molecular weight is 337 g/mol. The van der Waals surface area contributed by atoms with E-state index < -0.39 is 11.0 Å². The Morgan fingerprint density at radius 1 is 1.04 bits per heavy atom. The monoisotopic (exact) mass is 337 g/mol. The summed E-state index contributed by atoms with van der Waals surface area (Å²) in [5.74, 6) is -0.324. The summed E-state index contributed by atoms with van der Waals surface area (Å²) in [5.41, 5.74) is 0.789. The van der Waals surface area contributed by atoms with Gasteiger partial charge in [0.1, 0.15) is 0 Å². The fraction of sp³-hybridized carbons (Fsp3) is 0.111. The van der Waals surface area contributed by atoms with Crippen LogP contribution in [0.1, 0.15) is 16.1 Å². The van der Waals surface area contributed by atoms with Gasteiger partial charge in [0, 0.05) is 37.2 Å². The van der Waals surface area contributed by atoms with Crippen LogP contribution >= 0.6 is 0 Å². The maximum Gasteiger partial charge on any atom is 0.328 e. The zero-order valence-corrected chi connectivity index (χ0v) is 13.7. The van der Waals surface area contributed by atoms with E-state index in [9.17, 15) is 19.7 Å². The molecule has 0 unspecified atom stereocenters. The molecule has 1 amide bonds. The third-order valence-corrected chi connectivity index (χ3v) is 3.84. The van der Waals surface area contributed by atoms with Crippen molar-refractivity contribution in [2.24, 2.45) is 0 Å². The van der Waals surface area contributed by atoms with Gasteiger partial charge in [-0.15, -0.1) is 0 Å². The van der Waals surface area contributed by atoms with Crippen molar-refractivity contribution in [3.8, 4) is 0 Å². The Labute approximate surface area is 143 Å². The maximum atomic E-state index is 12.9. The Bertz CT molecular complexity index is 990. The van der Waals surface area contributed by atoms with E-state index in [0.29, 0.717) is 16.5 Å². The van der Waals surface area contributed by atoms with Gasteiger partial charge < -0.3 is 4.90 Å². The second-order valence-electron chi connectivity index (χ2n) is 5.74. The second-order valence-corrected chi connectivity index (χ2v) is 5.74. The molecule has 0 bridgehead atoms. The zero-order valence-electron chi connectivity index (χ0n) is 13.7. The first-order valence-corrected chi connectivity index (χ1v) is 7.51. The number of hydrogen-bond donors (Lipinski definition) is 0. The van der Waals surface area contributed by atoms with Gasteiger partial charge in [0.2, 0.25) is 5.78 Å². The van der Waals surface area contributed by atoms with Crippen molar-refractivity contribution in [2.75, 3.05) is 14.1 Å². The summed E-state index contributed by atoms with van der Waals surface area (Å²) in [5, 5.41) is 11.6. The van der Waals surface area contributed by atoms with E-state index >= 15 is 0 Å². The number of nitro benzene ring substituents is 1. The number of hydrogen-bond acceptors (Lipinski definition) is 4. The van der Waals surface area contributed by atoms with Gasteiger partial charge in [-0.2, -0.15) is 0 Å². The highest BCUT2D eigenvalue weighted by atomic mass is 16.6. The molecular formula is C18H15N3O4. The van der Waals surface area contributed by atoms with Gasteiger partial charge in [-0.3, -0.25) is 19.5 Å². The third kappa shape index (κ3) is 2.87. The van der Waals surface area contributed by atoms with Crippen LogP contribution in [0.5, 0.6) is 0 Å². The average Bonchev–Trinajstić information content (AvgIpc) is 2.99. The zero-order chi connectivity index (χ0) is 18.1. The van der Waals surface area contributed by atoms with E-state index in [-0.39, 0.29) is 17.2 Å². The molecule has 25 heavy (non-hydrogen) atoms. The minimum absolute atomic E-state index is 0.142. The summed E-state index contributed by atoms with van der Waals surface area (Å²) in [4.78, 5) is 37.3. The molecule has 126 valence electrons. The molecule has 7 nitrogen and oxygen atoms in total. The number of non-ortho nitro benzene ring substituents is 1. The van der Waals surface area contributed by atoms with Crippen molar-refractivity contribution in [2.45, 2.75) is 0 Å². The van der Waals surface area contributed by atoms with Crippen LogP contribution in [0.4, 0.5) is 10.5 Å². The van der Waals surface area contributed by atoms with Crippen LogP contribution in [0.25, 0.3) is 10.9 Å². The van der Waals surface area contributed by atoms with E-state index in [2.05, 4.69) is 0 Å². The van der Waals surface area contributed by atoms with Gasteiger partial charge in [0.15, 0.2) is 0 Å². The molecule has 0 aliphatic carbocycles. The Hall–Kier alpha value is -3.48. The molecule has 0 saturated carbocycles. The first-order chi connectivity index (χ1) is 11.9. The smallest absolute Gasteiger partial charge is 0.328 e. The molecule has 1 heterocycles. The van der Waals surface area contributed by atoms with Crippen molar-refractivity contribution in [1.82, 2.24) is 9.47 Å². The number of rotatable bonds is 3. The molecule has 3 aromatic rings. The van der Waals surface area contributed by atoms with Gasteiger partial charge in [-0.25, -0.2) is 4.79 Å². The highest BCUT2D eigenvalue weighted by molar-refractivity contribution is 6.13. The maximum absolute atomic E-state index is 12.9. The van der Waals surface area contributed by atoms with Crippen molar-refractivity contribution in [3.05, 3.63) is 76.0 Å². The largest absolute Gasteiger partial charge is 0.330 e. The highest BCUT2D eigenvalue weighted by Crippen LogP contribution is 2.26. The van der Waals surface area contributed by atoms with Gasteiger partial charge in [0.25, 0.3) is 5.69 Å². The topological polar surface area (TPSA) is 85.5 Å². The normalized spacial score (nSPS) is 10.6. The van der Waals surface area contributed by atoms with Crippen LogP contribution < -0.4 is 0 Å². The van der Waals surface area contributed by atoms with Crippen molar-refractivity contribution in [3.63, 3.8) is 0 Å². The molecule has 0 atom stereocenters. The van der Waals surface area contributed by atoms with Crippen LogP contribution in [0.3, 0.4) is 0 Å². The summed E-state index contributed by atoms with van der Waals surface area (Å²) < 4.78 is 1.22. The second kappa shape index (κ2) is 6.20. The molecule has 0 aliphatic rings. The number of carbonyl (C=O) groups excluding carboxylic acids is 2. The molecule has 7 heteroatoms. The number of ketones is 1. The molecule has 3 rings (SSSR count). The van der Waals surface area contributed by atoms with Gasteiger partial charge in [0.05, 0.1) is 16.1 Å². The number of benzene rings is 2. The quantitative estimate of drug-likeness (QED) is 0.417. The predicted octanol–water partition coefficient (Wildman–Crippen LogP) is 3.31. The molecule has 2 aromatic carbocycles. The Balaban J connectivity index is 2.27. The first-order valence-electron chi connectivity index (χ1n) is 7.51. The number of nitrogens with zero attached hydrogens (tertiary/aromatic N) is 3. The molecule has 0 N–H and O–H groups in total. The lowest BCUT2D eigenvalue weighted by molar-refractivity contribution is -0.384.